The van der Waals surface area contributed by atoms with Gasteiger partial charge in [-0.15, -0.1) is 0 Å². The minimum Gasteiger partial charge on any atom is -0.338 e. The molecule has 5 nitrogen and oxygen atoms in total. The minimum absolute atomic E-state index is 0.179. The molecule has 2 aromatic rings. The average Bonchev–Trinajstić information content (AvgIpc) is 2.97. The number of amides is 3. The molecular formula is C21H23F2N3O2. The van der Waals surface area contributed by atoms with Gasteiger partial charge in [0.15, 0.2) is 11.6 Å². The van der Waals surface area contributed by atoms with Crippen LogP contribution in [0, 0.1) is 11.6 Å². The Morgan fingerprint density at radius 3 is 2.39 bits per heavy atom. The van der Waals surface area contributed by atoms with Crippen LogP contribution in [0.15, 0.2) is 48.5 Å². The first-order valence-electron chi connectivity index (χ1n) is 9.36. The molecule has 1 aliphatic rings. The summed E-state index contributed by atoms with van der Waals surface area (Å²) in [5, 5.41) is 2.89. The Morgan fingerprint density at radius 2 is 1.61 bits per heavy atom. The Kier molecular flexibility index (Phi) is 6.57. The van der Waals surface area contributed by atoms with Crippen molar-refractivity contribution in [2.75, 3.05) is 32.7 Å². The smallest absolute Gasteiger partial charge is 0.317 e. The molecule has 0 aromatic heterocycles. The lowest BCUT2D eigenvalue weighted by Crippen LogP contribution is -2.43. The van der Waals surface area contributed by atoms with E-state index in [1.54, 1.807) is 4.90 Å². The Morgan fingerprint density at radius 1 is 0.893 bits per heavy atom. The summed E-state index contributed by atoms with van der Waals surface area (Å²) >= 11 is 0. The van der Waals surface area contributed by atoms with Gasteiger partial charge in [-0.25, -0.2) is 13.6 Å². The fourth-order valence-corrected chi connectivity index (χ4v) is 3.23. The van der Waals surface area contributed by atoms with Crippen molar-refractivity contribution in [3.63, 3.8) is 0 Å². The number of carbonyl (C=O) groups excluding carboxylic acids is 2. The summed E-state index contributed by atoms with van der Waals surface area (Å²) in [6.45, 7) is 2.05. The van der Waals surface area contributed by atoms with Crippen LogP contribution in [0.1, 0.15) is 22.3 Å². The number of rotatable bonds is 4. The van der Waals surface area contributed by atoms with Gasteiger partial charge in [-0.1, -0.05) is 36.4 Å². The van der Waals surface area contributed by atoms with Crippen LogP contribution in [-0.4, -0.2) is 54.5 Å². The van der Waals surface area contributed by atoms with Crippen LogP contribution in [0.2, 0.25) is 0 Å². The molecule has 0 radical (unpaired) electrons. The Labute approximate surface area is 162 Å². The van der Waals surface area contributed by atoms with Gasteiger partial charge in [-0.2, -0.15) is 0 Å². The zero-order valence-electron chi connectivity index (χ0n) is 15.5. The van der Waals surface area contributed by atoms with E-state index in [1.807, 2.05) is 30.3 Å². The van der Waals surface area contributed by atoms with E-state index >= 15 is 0 Å². The van der Waals surface area contributed by atoms with Crippen molar-refractivity contribution in [3.8, 4) is 0 Å². The molecule has 3 rings (SSSR count). The molecule has 0 saturated carbocycles. The number of urea groups is 1. The van der Waals surface area contributed by atoms with Crippen molar-refractivity contribution in [2.24, 2.45) is 0 Å². The number of benzene rings is 2. The highest BCUT2D eigenvalue weighted by Gasteiger charge is 2.25. The molecular weight excluding hydrogens is 364 g/mol. The van der Waals surface area contributed by atoms with Crippen LogP contribution in [0.5, 0.6) is 0 Å². The van der Waals surface area contributed by atoms with Gasteiger partial charge >= 0.3 is 6.03 Å². The quantitative estimate of drug-likeness (QED) is 0.877. The van der Waals surface area contributed by atoms with Crippen molar-refractivity contribution < 1.29 is 18.4 Å². The Bertz CT molecular complexity index is 830. The molecule has 7 heteroatoms. The van der Waals surface area contributed by atoms with Crippen molar-refractivity contribution >= 4 is 11.9 Å². The molecule has 1 heterocycles. The van der Waals surface area contributed by atoms with E-state index in [1.165, 1.54) is 17.0 Å². The van der Waals surface area contributed by atoms with Crippen molar-refractivity contribution in [1.29, 1.82) is 0 Å². The van der Waals surface area contributed by atoms with Crippen LogP contribution in [-0.2, 0) is 6.42 Å². The largest absolute Gasteiger partial charge is 0.338 e. The lowest BCUT2D eigenvalue weighted by atomic mass is 10.1. The van der Waals surface area contributed by atoms with Crippen LogP contribution >= 0.6 is 0 Å². The molecule has 148 valence electrons. The van der Waals surface area contributed by atoms with E-state index in [0.29, 0.717) is 32.6 Å². The van der Waals surface area contributed by atoms with Gasteiger partial charge in [0.05, 0.1) is 5.56 Å². The predicted molar refractivity (Wildman–Crippen MR) is 102 cm³/mol. The average molecular weight is 387 g/mol. The van der Waals surface area contributed by atoms with E-state index in [0.717, 1.165) is 18.1 Å². The van der Waals surface area contributed by atoms with E-state index in [9.17, 15) is 18.4 Å². The Balaban J connectivity index is 1.52. The van der Waals surface area contributed by atoms with Crippen LogP contribution in [0.3, 0.4) is 0 Å². The van der Waals surface area contributed by atoms with E-state index in [2.05, 4.69) is 5.32 Å². The molecule has 0 unspecified atom stereocenters. The Hall–Kier alpha value is -2.96. The molecule has 2 aromatic carbocycles. The van der Waals surface area contributed by atoms with Gasteiger partial charge in [0.1, 0.15) is 0 Å². The first-order chi connectivity index (χ1) is 13.6. The predicted octanol–water partition coefficient (Wildman–Crippen LogP) is 3.07. The van der Waals surface area contributed by atoms with E-state index in [-0.39, 0.29) is 18.1 Å². The zero-order valence-corrected chi connectivity index (χ0v) is 15.5. The van der Waals surface area contributed by atoms with Crippen molar-refractivity contribution in [1.82, 2.24) is 15.1 Å². The minimum atomic E-state index is -1.13. The van der Waals surface area contributed by atoms with Crippen molar-refractivity contribution in [3.05, 3.63) is 71.3 Å². The molecule has 0 atom stereocenters. The van der Waals surface area contributed by atoms with Crippen LogP contribution in [0.4, 0.5) is 13.6 Å². The molecule has 0 bridgehead atoms. The number of halogens is 2. The second-order valence-electron chi connectivity index (χ2n) is 6.70. The zero-order chi connectivity index (χ0) is 19.9. The molecule has 0 aliphatic carbocycles. The number of carbonyl (C=O) groups is 2. The number of nitrogens with one attached hydrogen (secondary N) is 1. The molecule has 0 spiro atoms. The highest BCUT2D eigenvalue weighted by molar-refractivity contribution is 5.94. The fraction of sp³-hybridized carbons (Fsp3) is 0.333. The molecule has 3 amide bonds. The van der Waals surface area contributed by atoms with Gasteiger partial charge in [0.2, 0.25) is 0 Å². The van der Waals surface area contributed by atoms with Gasteiger partial charge in [-0.3, -0.25) is 4.79 Å². The number of hydrogen-bond donors (Lipinski definition) is 1. The van der Waals surface area contributed by atoms with E-state index in [4.69, 9.17) is 0 Å². The number of hydrogen-bond acceptors (Lipinski definition) is 2. The summed E-state index contributed by atoms with van der Waals surface area (Å²) in [7, 11) is 0. The highest BCUT2D eigenvalue weighted by atomic mass is 19.2. The van der Waals surface area contributed by atoms with Gasteiger partial charge in [0.25, 0.3) is 5.91 Å². The van der Waals surface area contributed by atoms with Gasteiger partial charge < -0.3 is 15.1 Å². The number of nitrogens with zero attached hydrogens (tertiary/aromatic N) is 2. The second-order valence-corrected chi connectivity index (χ2v) is 6.70. The molecule has 1 N–H and O–H groups in total. The standard InChI is InChI=1S/C21H23F2N3O2/c22-18-9-4-8-17(19(18)23)20(27)25-12-5-13-26(15-14-25)21(28)24-11-10-16-6-2-1-3-7-16/h1-4,6-9H,5,10-15H2,(H,24,28). The first kappa shape index (κ1) is 19.8. The molecule has 28 heavy (non-hydrogen) atoms. The van der Waals surface area contributed by atoms with E-state index < -0.39 is 17.5 Å². The third kappa shape index (κ3) is 4.85. The first-order valence-corrected chi connectivity index (χ1v) is 9.36. The third-order valence-electron chi connectivity index (χ3n) is 4.79. The monoisotopic (exact) mass is 387 g/mol. The maximum Gasteiger partial charge on any atom is 0.317 e. The normalized spacial score (nSPS) is 14.5. The summed E-state index contributed by atoms with van der Waals surface area (Å²) in [5.41, 5.74) is 0.869. The third-order valence-corrected chi connectivity index (χ3v) is 4.79. The molecule has 1 aliphatic heterocycles. The lowest BCUT2D eigenvalue weighted by molar-refractivity contribution is 0.0756. The maximum atomic E-state index is 13.9. The topological polar surface area (TPSA) is 52.7 Å². The lowest BCUT2D eigenvalue weighted by Gasteiger charge is -2.22. The van der Waals surface area contributed by atoms with Gasteiger partial charge in [-0.05, 0) is 30.5 Å². The summed E-state index contributed by atoms with van der Waals surface area (Å²) in [6.07, 6.45) is 1.32. The highest BCUT2D eigenvalue weighted by Crippen LogP contribution is 2.15. The van der Waals surface area contributed by atoms with Crippen LogP contribution in [0.25, 0.3) is 0 Å². The van der Waals surface area contributed by atoms with Gasteiger partial charge in [0, 0.05) is 32.7 Å². The maximum absolute atomic E-state index is 13.9. The fourth-order valence-electron chi connectivity index (χ4n) is 3.23. The summed E-state index contributed by atoms with van der Waals surface area (Å²) in [4.78, 5) is 28.0. The second kappa shape index (κ2) is 9.30. The van der Waals surface area contributed by atoms with Crippen molar-refractivity contribution in [2.45, 2.75) is 12.8 Å². The SMILES string of the molecule is O=C(NCCc1ccccc1)N1CCCN(C(=O)c2cccc(F)c2F)CC1. The van der Waals surface area contributed by atoms with Crippen LogP contribution < -0.4 is 5.32 Å². The molecule has 1 saturated heterocycles. The molecule has 1 fully saturated rings. The summed E-state index contributed by atoms with van der Waals surface area (Å²) < 4.78 is 27.3. The summed E-state index contributed by atoms with van der Waals surface area (Å²) in [6, 6.07) is 13.3. The summed E-state index contributed by atoms with van der Waals surface area (Å²) in [5.74, 6) is -2.73.